The van der Waals surface area contributed by atoms with E-state index in [1.807, 2.05) is 6.92 Å². The Balaban J connectivity index is 2.20. The minimum Gasteiger partial charge on any atom is -0.478 e. The number of hydrogen-bond donors (Lipinski definition) is 2. The second kappa shape index (κ2) is 6.47. The Kier molecular flexibility index (Phi) is 4.45. The van der Waals surface area contributed by atoms with Crippen LogP contribution in [-0.4, -0.2) is 31.7 Å². The summed E-state index contributed by atoms with van der Waals surface area (Å²) in [7, 11) is 0. The fourth-order valence-electron chi connectivity index (χ4n) is 1.69. The predicted molar refractivity (Wildman–Crippen MR) is 76.8 cm³/mol. The van der Waals surface area contributed by atoms with E-state index in [1.165, 1.54) is 18.5 Å². The minimum absolute atomic E-state index is 0.152. The molecule has 0 spiro atoms. The van der Waals surface area contributed by atoms with Crippen LogP contribution in [0.25, 0.3) is 6.08 Å². The topological polar surface area (TPSA) is 97.1 Å². The summed E-state index contributed by atoms with van der Waals surface area (Å²) in [6.45, 7) is 2.64. The van der Waals surface area contributed by atoms with E-state index in [1.54, 1.807) is 23.0 Å². The van der Waals surface area contributed by atoms with Crippen LogP contribution in [0.2, 0.25) is 0 Å². The molecular weight excluding hydrogens is 272 g/mol. The Bertz CT molecular complexity index is 691. The first-order chi connectivity index (χ1) is 10.1. The van der Waals surface area contributed by atoms with Gasteiger partial charge in [0.25, 0.3) is 5.91 Å². The second-order valence-corrected chi connectivity index (χ2v) is 4.15. The summed E-state index contributed by atoms with van der Waals surface area (Å²) in [5.41, 5.74) is 1.14. The van der Waals surface area contributed by atoms with Crippen molar-refractivity contribution in [2.75, 3.05) is 5.32 Å². The van der Waals surface area contributed by atoms with E-state index in [9.17, 15) is 9.59 Å². The Morgan fingerprint density at radius 2 is 2.29 bits per heavy atom. The number of anilines is 1. The van der Waals surface area contributed by atoms with Crippen molar-refractivity contribution in [1.29, 1.82) is 0 Å². The molecule has 0 saturated heterocycles. The van der Waals surface area contributed by atoms with Crippen molar-refractivity contribution in [3.8, 4) is 0 Å². The Labute approximate surface area is 120 Å². The van der Waals surface area contributed by atoms with Crippen LogP contribution in [0.1, 0.15) is 23.0 Å². The van der Waals surface area contributed by atoms with Crippen molar-refractivity contribution in [3.05, 3.63) is 48.1 Å². The van der Waals surface area contributed by atoms with E-state index in [2.05, 4.69) is 15.4 Å². The summed E-state index contributed by atoms with van der Waals surface area (Å²) in [6.07, 6.45) is 7.01. The van der Waals surface area contributed by atoms with Gasteiger partial charge < -0.3 is 10.4 Å². The van der Waals surface area contributed by atoms with Gasteiger partial charge in [-0.2, -0.15) is 5.10 Å². The highest BCUT2D eigenvalue weighted by atomic mass is 16.4. The third-order valence-electron chi connectivity index (χ3n) is 2.67. The lowest BCUT2D eigenvalue weighted by atomic mass is 10.1. The van der Waals surface area contributed by atoms with E-state index in [0.29, 0.717) is 17.8 Å². The van der Waals surface area contributed by atoms with Crippen LogP contribution in [0.3, 0.4) is 0 Å². The van der Waals surface area contributed by atoms with Crippen LogP contribution in [0.5, 0.6) is 0 Å². The molecular formula is C14H14N4O3. The molecule has 0 aliphatic heterocycles. The number of carbonyl (C=O) groups excluding carboxylic acids is 1. The largest absolute Gasteiger partial charge is 0.478 e. The fraction of sp³-hybridized carbons (Fsp3) is 0.143. The van der Waals surface area contributed by atoms with Crippen LogP contribution in [0.4, 0.5) is 5.69 Å². The number of aromatic nitrogens is 3. The number of aliphatic carboxylic acids is 1. The number of nitrogens with one attached hydrogen (secondary N) is 1. The minimum atomic E-state index is -1.09. The number of carbonyl (C=O) groups is 2. The second-order valence-electron chi connectivity index (χ2n) is 4.15. The van der Waals surface area contributed by atoms with Crippen molar-refractivity contribution < 1.29 is 14.7 Å². The lowest BCUT2D eigenvalue weighted by molar-refractivity contribution is -0.131. The van der Waals surface area contributed by atoms with Gasteiger partial charge in [-0.3, -0.25) is 14.5 Å². The number of carboxylic acids is 1. The first-order valence-electron chi connectivity index (χ1n) is 6.30. The third-order valence-corrected chi connectivity index (χ3v) is 2.67. The number of hydrogen-bond acceptors (Lipinski definition) is 4. The molecule has 7 nitrogen and oxygen atoms in total. The van der Waals surface area contributed by atoms with E-state index < -0.39 is 11.9 Å². The highest BCUT2D eigenvalue weighted by Crippen LogP contribution is 2.12. The molecule has 0 fully saturated rings. The standard InChI is InChI=1S/C14H14N4O3/c1-2-18-9-11(8-16-18)17-14(21)13-10(4-3-7-15-13)5-6-12(19)20/h3-9H,2H2,1H3,(H,17,21)(H,19,20)/b6-5+. The van der Waals surface area contributed by atoms with E-state index in [-0.39, 0.29) is 5.69 Å². The van der Waals surface area contributed by atoms with Gasteiger partial charge in [-0.05, 0) is 19.1 Å². The van der Waals surface area contributed by atoms with Crippen LogP contribution in [0.15, 0.2) is 36.8 Å². The number of carboxylic acid groups (broad SMARTS) is 1. The smallest absolute Gasteiger partial charge is 0.328 e. The van der Waals surface area contributed by atoms with E-state index in [0.717, 1.165) is 6.08 Å². The molecule has 0 aliphatic rings. The summed E-state index contributed by atoms with van der Waals surface area (Å²) >= 11 is 0. The normalized spacial score (nSPS) is 10.7. The zero-order valence-corrected chi connectivity index (χ0v) is 11.4. The molecule has 1 amide bonds. The quantitative estimate of drug-likeness (QED) is 0.814. The lowest BCUT2D eigenvalue weighted by Crippen LogP contribution is -2.14. The van der Waals surface area contributed by atoms with Crippen molar-refractivity contribution in [1.82, 2.24) is 14.8 Å². The Morgan fingerprint density at radius 1 is 1.48 bits per heavy atom. The number of pyridine rings is 1. The number of rotatable bonds is 5. The maximum atomic E-state index is 12.2. The molecule has 0 aliphatic carbocycles. The maximum absolute atomic E-state index is 12.2. The van der Waals surface area contributed by atoms with Crippen LogP contribution < -0.4 is 5.32 Å². The molecule has 21 heavy (non-hydrogen) atoms. The van der Waals surface area contributed by atoms with E-state index >= 15 is 0 Å². The fourth-order valence-corrected chi connectivity index (χ4v) is 1.69. The zero-order valence-electron chi connectivity index (χ0n) is 11.4. The summed E-state index contributed by atoms with van der Waals surface area (Å²) in [5.74, 6) is -1.51. The summed E-state index contributed by atoms with van der Waals surface area (Å²) < 4.78 is 1.68. The summed E-state index contributed by atoms with van der Waals surface area (Å²) in [4.78, 5) is 26.7. The maximum Gasteiger partial charge on any atom is 0.328 e. The molecule has 108 valence electrons. The number of aryl methyl sites for hydroxylation is 1. The van der Waals surface area contributed by atoms with Crippen molar-refractivity contribution in [3.63, 3.8) is 0 Å². The molecule has 2 aromatic rings. The average molecular weight is 286 g/mol. The van der Waals surface area contributed by atoms with Gasteiger partial charge in [0.1, 0.15) is 5.69 Å². The first-order valence-corrected chi connectivity index (χ1v) is 6.30. The molecule has 7 heteroatoms. The van der Waals surface area contributed by atoms with Crippen molar-refractivity contribution in [2.45, 2.75) is 13.5 Å². The average Bonchev–Trinajstić information content (AvgIpc) is 2.93. The van der Waals surface area contributed by atoms with Crippen LogP contribution >= 0.6 is 0 Å². The van der Waals surface area contributed by atoms with Gasteiger partial charge in [0.05, 0.1) is 11.9 Å². The van der Waals surface area contributed by atoms with Gasteiger partial charge in [-0.25, -0.2) is 4.79 Å². The van der Waals surface area contributed by atoms with Crippen LogP contribution in [-0.2, 0) is 11.3 Å². The molecule has 0 saturated carbocycles. The SMILES string of the molecule is CCn1cc(NC(=O)c2ncccc2/C=C/C(=O)O)cn1. The van der Waals surface area contributed by atoms with Gasteiger partial charge in [-0.15, -0.1) is 0 Å². The molecule has 2 aromatic heterocycles. The number of amides is 1. The van der Waals surface area contributed by atoms with Crippen molar-refractivity contribution >= 4 is 23.6 Å². The molecule has 0 radical (unpaired) electrons. The van der Waals surface area contributed by atoms with Crippen molar-refractivity contribution in [2.24, 2.45) is 0 Å². The van der Waals surface area contributed by atoms with Gasteiger partial charge in [0.2, 0.25) is 0 Å². The molecule has 0 unspecified atom stereocenters. The van der Waals surface area contributed by atoms with Gasteiger partial charge in [0.15, 0.2) is 0 Å². The van der Waals surface area contributed by atoms with Gasteiger partial charge >= 0.3 is 5.97 Å². The van der Waals surface area contributed by atoms with E-state index in [4.69, 9.17) is 5.11 Å². The van der Waals surface area contributed by atoms with Gasteiger partial charge in [-0.1, -0.05) is 6.07 Å². The summed E-state index contributed by atoms with van der Waals surface area (Å²) in [6, 6.07) is 3.25. The molecule has 2 heterocycles. The number of nitrogens with zero attached hydrogens (tertiary/aromatic N) is 3. The summed E-state index contributed by atoms with van der Waals surface area (Å²) in [5, 5.41) is 15.4. The van der Waals surface area contributed by atoms with Gasteiger partial charge in [0, 0.05) is 30.6 Å². The molecule has 0 atom stereocenters. The van der Waals surface area contributed by atoms with Crippen LogP contribution in [0, 0.1) is 0 Å². The first kappa shape index (κ1) is 14.4. The lowest BCUT2D eigenvalue weighted by Gasteiger charge is -2.04. The monoisotopic (exact) mass is 286 g/mol. The Hall–Kier alpha value is -2.96. The highest BCUT2D eigenvalue weighted by molar-refractivity contribution is 6.05. The molecule has 2 rings (SSSR count). The molecule has 0 aromatic carbocycles. The molecule has 0 bridgehead atoms. The highest BCUT2D eigenvalue weighted by Gasteiger charge is 2.12. The molecule has 2 N–H and O–H groups in total. The zero-order chi connectivity index (χ0) is 15.2. The third kappa shape index (κ3) is 3.75. The Morgan fingerprint density at radius 3 is 2.95 bits per heavy atom. The predicted octanol–water partition coefficient (Wildman–Crippen LogP) is 1.65.